The molecule has 0 N–H and O–H groups in total. The van der Waals surface area contributed by atoms with Gasteiger partial charge in [-0.3, -0.25) is 0 Å². The zero-order valence-corrected chi connectivity index (χ0v) is 14.7. The van der Waals surface area contributed by atoms with Gasteiger partial charge in [-0.2, -0.15) is 0 Å². The van der Waals surface area contributed by atoms with Crippen LogP contribution >= 0.6 is 0 Å². The van der Waals surface area contributed by atoms with E-state index in [9.17, 15) is 0 Å². The van der Waals surface area contributed by atoms with Crippen LogP contribution in [0.1, 0.15) is 31.9 Å². The molecular weight excluding hydrogens is 276 g/mol. The molecule has 0 aliphatic heterocycles. The number of hydrogen-bond acceptors (Lipinski definition) is 0. The van der Waals surface area contributed by atoms with E-state index < -0.39 is 0 Å². The minimum absolute atomic E-state index is 0.890. The summed E-state index contributed by atoms with van der Waals surface area (Å²) in [6.07, 6.45) is 5.16. The zero-order chi connectivity index (χ0) is 16.8. The van der Waals surface area contributed by atoms with E-state index in [-0.39, 0.29) is 0 Å². The Bertz CT molecular complexity index is 719. The van der Waals surface area contributed by atoms with Gasteiger partial charge in [0.1, 0.15) is 0 Å². The van der Waals surface area contributed by atoms with Gasteiger partial charge in [0.25, 0.3) is 0 Å². The minimum Gasteiger partial charge on any atom is -0.0955 e. The second-order valence-electron chi connectivity index (χ2n) is 6.41. The quantitative estimate of drug-likeness (QED) is 0.541. The molecule has 0 fully saturated rings. The van der Waals surface area contributed by atoms with Gasteiger partial charge in [0, 0.05) is 0 Å². The van der Waals surface area contributed by atoms with E-state index in [0.29, 0.717) is 0 Å². The maximum absolute atomic E-state index is 4.16. The Morgan fingerprint density at radius 3 is 1.87 bits per heavy atom. The van der Waals surface area contributed by atoms with Crippen molar-refractivity contribution in [2.24, 2.45) is 0 Å². The van der Waals surface area contributed by atoms with E-state index >= 15 is 0 Å². The normalized spacial score (nSPS) is 10.8. The van der Waals surface area contributed by atoms with Crippen LogP contribution in [0, 0.1) is 6.92 Å². The number of allylic oxidation sites excluding steroid dienone is 5. The molecule has 0 unspecified atom stereocenters. The fourth-order valence-electron chi connectivity index (χ4n) is 2.29. The number of hydrogen-bond donors (Lipinski definition) is 0. The summed E-state index contributed by atoms with van der Waals surface area (Å²) in [5.41, 5.74) is 8.90. The number of aryl methyl sites for hydroxylation is 1. The highest BCUT2D eigenvalue weighted by Crippen LogP contribution is 2.21. The molecular formula is C23H26. The predicted molar refractivity (Wildman–Crippen MR) is 103 cm³/mol. The van der Waals surface area contributed by atoms with Crippen LogP contribution in [0.4, 0.5) is 0 Å². The molecule has 0 spiro atoms. The molecule has 2 aromatic carbocycles. The summed E-state index contributed by atoms with van der Waals surface area (Å²) in [6, 6.07) is 17.4. The molecule has 0 bridgehead atoms. The standard InChI is InChI=1S/C23H26/c1-17(2)20(5)9-6-19(4)16-21-10-14-23(15-11-21)22-12-7-18(3)8-13-22/h6-15H,4,16H2,1-3,5H3/b9-6-. The average Bonchev–Trinajstić information content (AvgIpc) is 2.54. The second-order valence-corrected chi connectivity index (χ2v) is 6.41. The van der Waals surface area contributed by atoms with Gasteiger partial charge in [-0.15, -0.1) is 0 Å². The first kappa shape index (κ1) is 17.0. The lowest BCUT2D eigenvalue weighted by atomic mass is 10.00. The molecule has 0 aromatic heterocycles. The maximum Gasteiger partial charge on any atom is -0.00316 e. The van der Waals surface area contributed by atoms with Crippen LogP contribution in [0.5, 0.6) is 0 Å². The van der Waals surface area contributed by atoms with Crippen LogP contribution < -0.4 is 0 Å². The van der Waals surface area contributed by atoms with Crippen molar-refractivity contribution >= 4 is 0 Å². The molecule has 0 heteroatoms. The lowest BCUT2D eigenvalue weighted by molar-refractivity contribution is 1.20. The summed E-state index contributed by atoms with van der Waals surface area (Å²) in [7, 11) is 0. The monoisotopic (exact) mass is 302 g/mol. The van der Waals surface area contributed by atoms with Gasteiger partial charge in [-0.1, -0.05) is 89.5 Å². The Balaban J connectivity index is 2.04. The molecule has 0 heterocycles. The third-order valence-electron chi connectivity index (χ3n) is 4.13. The summed E-state index contributed by atoms with van der Waals surface area (Å²) >= 11 is 0. The minimum atomic E-state index is 0.890. The molecule has 23 heavy (non-hydrogen) atoms. The van der Waals surface area contributed by atoms with Crippen molar-refractivity contribution in [2.45, 2.75) is 34.1 Å². The Kier molecular flexibility index (Phi) is 5.76. The van der Waals surface area contributed by atoms with Crippen molar-refractivity contribution in [1.82, 2.24) is 0 Å². The first-order valence-corrected chi connectivity index (χ1v) is 8.11. The molecule has 0 aliphatic rings. The molecule has 2 aromatic rings. The van der Waals surface area contributed by atoms with Crippen molar-refractivity contribution in [3.63, 3.8) is 0 Å². The molecule has 2 rings (SSSR count). The molecule has 0 atom stereocenters. The van der Waals surface area contributed by atoms with Crippen LogP contribution in [0.3, 0.4) is 0 Å². The fourth-order valence-corrected chi connectivity index (χ4v) is 2.29. The van der Waals surface area contributed by atoms with Crippen LogP contribution in [-0.4, -0.2) is 0 Å². The van der Waals surface area contributed by atoms with Crippen molar-refractivity contribution < 1.29 is 0 Å². The number of rotatable bonds is 5. The maximum atomic E-state index is 4.16. The highest BCUT2D eigenvalue weighted by atomic mass is 14.0. The lowest BCUT2D eigenvalue weighted by Gasteiger charge is -2.06. The topological polar surface area (TPSA) is 0 Å². The molecule has 0 amide bonds. The fraction of sp³-hybridized carbons (Fsp3) is 0.217. The van der Waals surface area contributed by atoms with Crippen molar-refractivity contribution in [3.8, 4) is 11.1 Å². The molecule has 0 saturated heterocycles. The van der Waals surface area contributed by atoms with Crippen molar-refractivity contribution in [1.29, 1.82) is 0 Å². The highest BCUT2D eigenvalue weighted by Gasteiger charge is 1.99. The van der Waals surface area contributed by atoms with Crippen LogP contribution in [0.25, 0.3) is 11.1 Å². The van der Waals surface area contributed by atoms with Crippen LogP contribution in [0.2, 0.25) is 0 Å². The smallest absolute Gasteiger partial charge is 0.00316 e. The molecule has 0 aliphatic carbocycles. The molecule has 0 saturated carbocycles. The number of benzene rings is 2. The van der Waals surface area contributed by atoms with E-state index in [1.807, 2.05) is 0 Å². The van der Waals surface area contributed by atoms with Crippen LogP contribution in [0.15, 0.2) is 84.0 Å². The van der Waals surface area contributed by atoms with Gasteiger partial charge in [0.2, 0.25) is 0 Å². The predicted octanol–water partition coefficient (Wildman–Crippen LogP) is 6.67. The Morgan fingerprint density at radius 1 is 0.826 bits per heavy atom. The van der Waals surface area contributed by atoms with Gasteiger partial charge < -0.3 is 0 Å². The zero-order valence-electron chi connectivity index (χ0n) is 14.7. The lowest BCUT2D eigenvalue weighted by Crippen LogP contribution is -1.87. The van der Waals surface area contributed by atoms with Gasteiger partial charge in [-0.05, 0) is 50.8 Å². The molecule has 0 radical (unpaired) electrons. The van der Waals surface area contributed by atoms with Gasteiger partial charge in [0.15, 0.2) is 0 Å². The Morgan fingerprint density at radius 2 is 1.35 bits per heavy atom. The third-order valence-corrected chi connectivity index (χ3v) is 4.13. The average molecular weight is 302 g/mol. The second kappa shape index (κ2) is 7.78. The van der Waals surface area contributed by atoms with E-state index in [2.05, 4.69) is 95.0 Å². The van der Waals surface area contributed by atoms with E-state index in [1.165, 1.54) is 33.4 Å². The van der Waals surface area contributed by atoms with Gasteiger partial charge >= 0.3 is 0 Å². The third kappa shape index (κ3) is 5.10. The first-order chi connectivity index (χ1) is 11.0. The summed E-state index contributed by atoms with van der Waals surface area (Å²) in [4.78, 5) is 0. The van der Waals surface area contributed by atoms with E-state index in [1.54, 1.807) is 0 Å². The van der Waals surface area contributed by atoms with Crippen molar-refractivity contribution in [3.05, 3.63) is 95.1 Å². The largest absolute Gasteiger partial charge is 0.0955 e. The van der Waals surface area contributed by atoms with Gasteiger partial charge in [-0.25, -0.2) is 0 Å². The summed E-state index contributed by atoms with van der Waals surface area (Å²) in [6.45, 7) is 12.7. The summed E-state index contributed by atoms with van der Waals surface area (Å²) < 4.78 is 0. The summed E-state index contributed by atoms with van der Waals surface area (Å²) in [5.74, 6) is 0. The van der Waals surface area contributed by atoms with Gasteiger partial charge in [0.05, 0.1) is 0 Å². The molecule has 118 valence electrons. The molecule has 0 nitrogen and oxygen atoms in total. The highest BCUT2D eigenvalue weighted by molar-refractivity contribution is 5.64. The van der Waals surface area contributed by atoms with E-state index in [4.69, 9.17) is 0 Å². The Labute approximate surface area is 140 Å². The van der Waals surface area contributed by atoms with Crippen LogP contribution in [-0.2, 0) is 6.42 Å². The SMILES string of the molecule is C=C(/C=C\C(C)=C(C)C)Cc1ccc(-c2ccc(C)cc2)cc1. The van der Waals surface area contributed by atoms with Crippen molar-refractivity contribution in [2.75, 3.05) is 0 Å². The van der Waals surface area contributed by atoms with E-state index in [0.717, 1.165) is 12.0 Å². The summed E-state index contributed by atoms with van der Waals surface area (Å²) in [5, 5.41) is 0. The Hall–Kier alpha value is -2.34. The first-order valence-electron chi connectivity index (χ1n) is 8.11.